The first-order chi connectivity index (χ1) is 11.9. The number of carbonyl (C=O) groups is 2. The first-order valence-electron chi connectivity index (χ1n) is 7.48. The Morgan fingerprint density at radius 3 is 2.60 bits per heavy atom. The van der Waals surface area contributed by atoms with Crippen molar-refractivity contribution in [2.75, 3.05) is 16.8 Å². The predicted octanol–water partition coefficient (Wildman–Crippen LogP) is 4.72. The Labute approximate surface area is 160 Å². The van der Waals surface area contributed by atoms with E-state index < -0.39 is 0 Å². The van der Waals surface area contributed by atoms with E-state index in [1.54, 1.807) is 18.2 Å². The van der Waals surface area contributed by atoms with Gasteiger partial charge in [0.05, 0.1) is 21.6 Å². The van der Waals surface area contributed by atoms with Crippen LogP contribution in [0, 0.1) is 6.92 Å². The summed E-state index contributed by atoms with van der Waals surface area (Å²) < 4.78 is 5.15. The highest BCUT2D eigenvalue weighted by Crippen LogP contribution is 2.23. The van der Waals surface area contributed by atoms with Crippen LogP contribution in [0.25, 0.3) is 0 Å². The normalized spacial score (nSPS) is 10.4. The van der Waals surface area contributed by atoms with Crippen LogP contribution in [0.3, 0.4) is 0 Å². The van der Waals surface area contributed by atoms with Gasteiger partial charge < -0.3 is 10.1 Å². The molecule has 0 fully saturated rings. The molecule has 0 aliphatic rings. The molecule has 1 amide bonds. The Morgan fingerprint density at radius 2 is 1.88 bits per heavy atom. The Bertz CT molecular complexity index is 768. The number of carbonyl (C=O) groups excluding carboxylic acids is 2. The Balaban J connectivity index is 1.67. The van der Waals surface area contributed by atoms with Crippen LogP contribution in [0.4, 0.5) is 5.69 Å². The molecule has 0 saturated heterocycles. The number of nitrogens with one attached hydrogen (secondary N) is 1. The zero-order valence-electron chi connectivity index (χ0n) is 13.6. The van der Waals surface area contributed by atoms with Crippen LogP contribution in [-0.2, 0) is 20.9 Å². The van der Waals surface area contributed by atoms with Crippen molar-refractivity contribution in [1.82, 2.24) is 0 Å². The fourth-order valence-corrected chi connectivity index (χ4v) is 2.91. The van der Waals surface area contributed by atoms with Gasteiger partial charge in [-0.15, -0.1) is 11.8 Å². The van der Waals surface area contributed by atoms with Gasteiger partial charge in [-0.1, -0.05) is 41.4 Å². The van der Waals surface area contributed by atoms with Crippen molar-refractivity contribution >= 4 is 52.5 Å². The number of hydrogen-bond donors (Lipinski definition) is 1. The third-order valence-electron chi connectivity index (χ3n) is 3.14. The van der Waals surface area contributed by atoms with Gasteiger partial charge in [-0.25, -0.2) is 0 Å². The predicted molar refractivity (Wildman–Crippen MR) is 103 cm³/mol. The standard InChI is InChI=1S/C18H17Cl2NO3S/c1-12-3-2-4-14(7-12)21-17(22)10-25-11-18(23)24-9-13-5-6-15(19)16(20)8-13/h2-8H,9-11H2,1H3,(H,21,22). The van der Waals surface area contributed by atoms with E-state index in [1.165, 1.54) is 11.8 Å². The smallest absolute Gasteiger partial charge is 0.316 e. The molecule has 0 unspecified atom stereocenters. The van der Waals surface area contributed by atoms with Crippen LogP contribution in [-0.4, -0.2) is 23.4 Å². The number of hydrogen-bond acceptors (Lipinski definition) is 4. The van der Waals surface area contributed by atoms with E-state index in [0.29, 0.717) is 10.0 Å². The molecule has 1 N–H and O–H groups in total. The third-order valence-corrected chi connectivity index (χ3v) is 4.78. The molecule has 132 valence electrons. The van der Waals surface area contributed by atoms with Gasteiger partial charge >= 0.3 is 5.97 Å². The summed E-state index contributed by atoms with van der Waals surface area (Å²) in [6, 6.07) is 12.6. The van der Waals surface area contributed by atoms with Gasteiger partial charge in [0.25, 0.3) is 0 Å². The first-order valence-corrected chi connectivity index (χ1v) is 9.39. The number of rotatable bonds is 7. The molecule has 0 spiro atoms. The SMILES string of the molecule is Cc1cccc(NC(=O)CSCC(=O)OCc2ccc(Cl)c(Cl)c2)c1. The number of halogens is 2. The third kappa shape index (κ3) is 6.98. The zero-order valence-corrected chi connectivity index (χ0v) is 15.9. The minimum Gasteiger partial charge on any atom is -0.460 e. The Morgan fingerprint density at radius 1 is 1.08 bits per heavy atom. The molecule has 0 aliphatic carbocycles. The van der Waals surface area contributed by atoms with Crippen LogP contribution in [0.5, 0.6) is 0 Å². The fourth-order valence-electron chi connectivity index (χ4n) is 1.98. The maximum atomic E-state index is 11.8. The molecule has 0 heterocycles. The number of anilines is 1. The lowest BCUT2D eigenvalue weighted by atomic mass is 10.2. The van der Waals surface area contributed by atoms with Crippen molar-refractivity contribution < 1.29 is 14.3 Å². The lowest BCUT2D eigenvalue weighted by Gasteiger charge is -2.07. The second-order valence-corrected chi connectivity index (χ2v) is 7.12. The monoisotopic (exact) mass is 397 g/mol. The van der Waals surface area contributed by atoms with Crippen LogP contribution < -0.4 is 5.32 Å². The van der Waals surface area contributed by atoms with E-state index in [4.69, 9.17) is 27.9 Å². The van der Waals surface area contributed by atoms with Crippen molar-refractivity contribution in [3.63, 3.8) is 0 Å². The van der Waals surface area contributed by atoms with Crippen molar-refractivity contribution in [3.05, 3.63) is 63.6 Å². The molecule has 2 aromatic rings. The molecule has 0 aromatic heterocycles. The second-order valence-electron chi connectivity index (χ2n) is 5.32. The van der Waals surface area contributed by atoms with E-state index in [-0.39, 0.29) is 30.0 Å². The lowest BCUT2D eigenvalue weighted by molar-refractivity contribution is -0.141. The number of thioether (sulfide) groups is 1. The summed E-state index contributed by atoms with van der Waals surface area (Å²) in [7, 11) is 0. The van der Waals surface area contributed by atoms with E-state index in [2.05, 4.69) is 5.32 Å². The minimum absolute atomic E-state index is 0.0998. The van der Waals surface area contributed by atoms with Crippen LogP contribution in [0.1, 0.15) is 11.1 Å². The summed E-state index contributed by atoms with van der Waals surface area (Å²) >= 11 is 12.9. The van der Waals surface area contributed by atoms with Crippen molar-refractivity contribution in [2.45, 2.75) is 13.5 Å². The van der Waals surface area contributed by atoms with E-state index in [1.807, 2.05) is 31.2 Å². The summed E-state index contributed by atoms with van der Waals surface area (Å²) in [6.07, 6.45) is 0. The molecular formula is C18H17Cl2NO3S. The molecule has 2 rings (SSSR count). The maximum Gasteiger partial charge on any atom is 0.316 e. The molecule has 0 radical (unpaired) electrons. The topological polar surface area (TPSA) is 55.4 Å². The average Bonchev–Trinajstić information content (AvgIpc) is 2.56. The average molecular weight is 398 g/mol. The molecule has 4 nitrogen and oxygen atoms in total. The summed E-state index contributed by atoms with van der Waals surface area (Å²) in [5, 5.41) is 3.65. The molecule has 0 bridgehead atoms. The fraction of sp³-hybridized carbons (Fsp3) is 0.222. The van der Waals surface area contributed by atoms with Gasteiger partial charge in [-0.3, -0.25) is 9.59 Å². The molecule has 25 heavy (non-hydrogen) atoms. The molecular weight excluding hydrogens is 381 g/mol. The molecule has 2 aromatic carbocycles. The largest absolute Gasteiger partial charge is 0.460 e. The van der Waals surface area contributed by atoms with Gasteiger partial charge in [0, 0.05) is 5.69 Å². The maximum absolute atomic E-state index is 11.8. The molecule has 0 aliphatic heterocycles. The lowest BCUT2D eigenvalue weighted by Crippen LogP contribution is -2.16. The summed E-state index contributed by atoms with van der Waals surface area (Å²) in [4.78, 5) is 23.6. The van der Waals surface area contributed by atoms with E-state index >= 15 is 0 Å². The summed E-state index contributed by atoms with van der Waals surface area (Å²) in [5.41, 5.74) is 2.56. The highest BCUT2D eigenvalue weighted by molar-refractivity contribution is 8.00. The van der Waals surface area contributed by atoms with Crippen molar-refractivity contribution in [1.29, 1.82) is 0 Å². The van der Waals surface area contributed by atoms with Gasteiger partial charge in [0.2, 0.25) is 5.91 Å². The summed E-state index contributed by atoms with van der Waals surface area (Å²) in [6.45, 7) is 2.07. The van der Waals surface area contributed by atoms with Crippen LogP contribution >= 0.6 is 35.0 Å². The van der Waals surface area contributed by atoms with Crippen LogP contribution in [0.2, 0.25) is 10.0 Å². The first kappa shape index (κ1) is 19.6. The summed E-state index contributed by atoms with van der Waals surface area (Å²) in [5.74, 6) is -0.273. The number of benzene rings is 2. The quantitative estimate of drug-likeness (QED) is 0.686. The number of esters is 1. The van der Waals surface area contributed by atoms with Crippen LogP contribution in [0.15, 0.2) is 42.5 Å². The van der Waals surface area contributed by atoms with Gasteiger partial charge in [-0.05, 0) is 42.3 Å². The van der Waals surface area contributed by atoms with E-state index in [0.717, 1.165) is 16.8 Å². The highest BCUT2D eigenvalue weighted by Gasteiger charge is 2.08. The van der Waals surface area contributed by atoms with Gasteiger partial charge in [0.1, 0.15) is 6.61 Å². The zero-order chi connectivity index (χ0) is 18.2. The molecule has 7 heteroatoms. The van der Waals surface area contributed by atoms with E-state index in [9.17, 15) is 9.59 Å². The molecule has 0 saturated carbocycles. The van der Waals surface area contributed by atoms with Gasteiger partial charge in [0.15, 0.2) is 0 Å². The second kappa shape index (κ2) is 9.70. The van der Waals surface area contributed by atoms with Crippen molar-refractivity contribution in [2.24, 2.45) is 0 Å². The molecule has 0 atom stereocenters. The number of ether oxygens (including phenoxy) is 1. The number of amides is 1. The number of aryl methyl sites for hydroxylation is 1. The minimum atomic E-state index is -0.389. The Hall–Kier alpha value is -1.69. The highest BCUT2D eigenvalue weighted by atomic mass is 35.5. The van der Waals surface area contributed by atoms with Gasteiger partial charge in [-0.2, -0.15) is 0 Å². The van der Waals surface area contributed by atoms with Crippen molar-refractivity contribution in [3.8, 4) is 0 Å². The Kier molecular flexibility index (Phi) is 7.62.